The fourth-order valence-electron chi connectivity index (χ4n) is 2.70. The first-order valence-corrected chi connectivity index (χ1v) is 8.70. The Morgan fingerprint density at radius 3 is 2.29 bits per heavy atom. The molecular formula is C16H27BrN2O2. The third-order valence-electron chi connectivity index (χ3n) is 4.09. The summed E-state index contributed by atoms with van der Waals surface area (Å²) in [4.78, 5) is 12.8. The van der Waals surface area contributed by atoms with Crippen molar-refractivity contribution < 1.29 is 9.53 Å². The minimum Gasteiger partial charge on any atom is -0.368 e. The van der Waals surface area contributed by atoms with Crippen LogP contribution in [0.25, 0.3) is 0 Å². The minimum absolute atomic E-state index is 0.146. The molecule has 0 bridgehead atoms. The summed E-state index contributed by atoms with van der Waals surface area (Å²) in [6.45, 7) is 11.4. The van der Waals surface area contributed by atoms with Crippen LogP contribution in [0.2, 0.25) is 0 Å². The average Bonchev–Trinajstić information content (AvgIpc) is 2.80. The van der Waals surface area contributed by atoms with E-state index in [1.807, 2.05) is 32.4 Å². The van der Waals surface area contributed by atoms with E-state index in [0.29, 0.717) is 25.9 Å². The zero-order valence-electron chi connectivity index (χ0n) is 13.8. The highest BCUT2D eigenvalue weighted by Crippen LogP contribution is 2.28. The van der Waals surface area contributed by atoms with Crippen molar-refractivity contribution in [2.45, 2.75) is 72.4 Å². The van der Waals surface area contributed by atoms with Gasteiger partial charge in [-0.2, -0.15) is 5.10 Å². The van der Waals surface area contributed by atoms with Crippen molar-refractivity contribution in [3.8, 4) is 0 Å². The summed E-state index contributed by atoms with van der Waals surface area (Å²) in [6, 6.07) is 0. The molecule has 1 aromatic heterocycles. The number of ether oxygens (including phenoxy) is 1. The van der Waals surface area contributed by atoms with Crippen molar-refractivity contribution in [2.75, 3.05) is 6.61 Å². The van der Waals surface area contributed by atoms with Crippen LogP contribution in [0.1, 0.15) is 58.8 Å². The van der Waals surface area contributed by atoms with E-state index in [-0.39, 0.29) is 5.78 Å². The molecule has 0 radical (unpaired) electrons. The Morgan fingerprint density at radius 1 is 1.24 bits per heavy atom. The van der Waals surface area contributed by atoms with E-state index in [4.69, 9.17) is 4.74 Å². The largest absolute Gasteiger partial charge is 0.368 e. The Labute approximate surface area is 136 Å². The van der Waals surface area contributed by atoms with Gasteiger partial charge in [-0.05, 0) is 49.0 Å². The molecule has 0 fully saturated rings. The van der Waals surface area contributed by atoms with Crippen LogP contribution in [-0.4, -0.2) is 27.8 Å². The summed E-state index contributed by atoms with van der Waals surface area (Å²) in [6.07, 6.45) is 2.62. The second-order valence-corrected chi connectivity index (χ2v) is 5.90. The van der Waals surface area contributed by atoms with E-state index in [0.717, 1.165) is 28.8 Å². The summed E-state index contributed by atoms with van der Waals surface area (Å²) in [7, 11) is 0. The van der Waals surface area contributed by atoms with Crippen LogP contribution < -0.4 is 0 Å². The van der Waals surface area contributed by atoms with Gasteiger partial charge in [-0.1, -0.05) is 20.8 Å². The maximum absolute atomic E-state index is 12.8. The smallest absolute Gasteiger partial charge is 0.170 e. The quantitative estimate of drug-likeness (QED) is 0.671. The van der Waals surface area contributed by atoms with Gasteiger partial charge in [0, 0.05) is 13.2 Å². The van der Waals surface area contributed by atoms with Gasteiger partial charge < -0.3 is 4.74 Å². The fourth-order valence-corrected chi connectivity index (χ4v) is 3.41. The van der Waals surface area contributed by atoms with Crippen LogP contribution in [0.15, 0.2) is 4.47 Å². The molecule has 0 saturated heterocycles. The predicted molar refractivity (Wildman–Crippen MR) is 88.6 cm³/mol. The summed E-state index contributed by atoms with van der Waals surface area (Å²) >= 11 is 3.60. The van der Waals surface area contributed by atoms with Crippen LogP contribution in [0.5, 0.6) is 0 Å². The lowest BCUT2D eigenvalue weighted by atomic mass is 9.89. The van der Waals surface area contributed by atoms with Crippen LogP contribution in [-0.2, 0) is 28.9 Å². The number of carbonyl (C=O) groups is 1. The standard InChI is InChI=1S/C16H27BrN2O2/c1-6-12-15(17)13(19(9-4)18-12)11-14(20)16(7-2,8-3)21-10-5/h6-11H2,1-5H3. The molecule has 0 saturated carbocycles. The van der Waals surface area contributed by atoms with E-state index in [1.54, 1.807) is 0 Å². The lowest BCUT2D eigenvalue weighted by Crippen LogP contribution is -2.42. The molecule has 0 amide bonds. The lowest BCUT2D eigenvalue weighted by Gasteiger charge is -2.30. The molecule has 0 aliphatic carbocycles. The van der Waals surface area contributed by atoms with Crippen molar-refractivity contribution in [3.63, 3.8) is 0 Å². The summed E-state index contributed by atoms with van der Waals surface area (Å²) in [5.74, 6) is 0.146. The Morgan fingerprint density at radius 2 is 1.86 bits per heavy atom. The van der Waals surface area contributed by atoms with E-state index in [9.17, 15) is 4.79 Å². The number of hydrogen-bond donors (Lipinski definition) is 0. The van der Waals surface area contributed by atoms with Gasteiger partial charge >= 0.3 is 0 Å². The maximum atomic E-state index is 12.8. The van der Waals surface area contributed by atoms with Crippen LogP contribution >= 0.6 is 15.9 Å². The van der Waals surface area contributed by atoms with Crippen molar-refractivity contribution in [2.24, 2.45) is 0 Å². The van der Waals surface area contributed by atoms with Crippen molar-refractivity contribution in [1.82, 2.24) is 9.78 Å². The molecule has 5 heteroatoms. The van der Waals surface area contributed by atoms with Crippen molar-refractivity contribution in [3.05, 3.63) is 15.9 Å². The van der Waals surface area contributed by atoms with Gasteiger partial charge in [-0.25, -0.2) is 0 Å². The highest BCUT2D eigenvalue weighted by molar-refractivity contribution is 9.10. The molecule has 0 aliphatic rings. The SMILES string of the molecule is CCOC(CC)(CC)C(=O)Cc1c(Br)c(CC)nn1CC. The molecule has 1 rings (SSSR count). The van der Waals surface area contributed by atoms with Gasteiger partial charge in [0.25, 0.3) is 0 Å². The van der Waals surface area contributed by atoms with Gasteiger partial charge in [0.05, 0.1) is 22.3 Å². The van der Waals surface area contributed by atoms with Crippen LogP contribution in [0, 0.1) is 0 Å². The Hall–Kier alpha value is -0.680. The molecule has 0 atom stereocenters. The molecule has 0 unspecified atom stereocenters. The molecule has 1 aromatic rings. The molecule has 0 aromatic carbocycles. The number of ketones is 1. The van der Waals surface area contributed by atoms with E-state index >= 15 is 0 Å². The fraction of sp³-hybridized carbons (Fsp3) is 0.750. The third-order valence-corrected chi connectivity index (χ3v) is 5.01. The first-order chi connectivity index (χ1) is 9.99. The maximum Gasteiger partial charge on any atom is 0.170 e. The number of aryl methyl sites for hydroxylation is 2. The number of rotatable bonds is 9. The first-order valence-electron chi connectivity index (χ1n) is 7.90. The second-order valence-electron chi connectivity index (χ2n) is 5.11. The second kappa shape index (κ2) is 8.08. The van der Waals surface area contributed by atoms with Gasteiger partial charge in [-0.3, -0.25) is 9.48 Å². The normalized spacial score (nSPS) is 11.9. The summed E-state index contributed by atoms with van der Waals surface area (Å²) in [5, 5.41) is 4.56. The number of nitrogens with zero attached hydrogens (tertiary/aromatic N) is 2. The first kappa shape index (κ1) is 18.4. The van der Waals surface area contributed by atoms with Gasteiger partial charge in [0.15, 0.2) is 5.78 Å². The Balaban J connectivity index is 3.09. The lowest BCUT2D eigenvalue weighted by molar-refractivity contribution is -0.144. The molecular weight excluding hydrogens is 332 g/mol. The van der Waals surface area contributed by atoms with Crippen LogP contribution in [0.4, 0.5) is 0 Å². The highest BCUT2D eigenvalue weighted by atomic mass is 79.9. The van der Waals surface area contributed by atoms with Gasteiger partial charge in [0.2, 0.25) is 0 Å². The summed E-state index contributed by atoms with van der Waals surface area (Å²) < 4.78 is 8.70. The molecule has 21 heavy (non-hydrogen) atoms. The molecule has 0 N–H and O–H groups in total. The van der Waals surface area contributed by atoms with Crippen molar-refractivity contribution >= 4 is 21.7 Å². The number of hydrogen-bond acceptors (Lipinski definition) is 3. The Bertz CT molecular complexity index is 479. The van der Waals surface area contributed by atoms with E-state index in [1.165, 1.54) is 0 Å². The Kier molecular flexibility index (Phi) is 7.07. The predicted octanol–water partition coefficient (Wildman–Crippen LogP) is 3.93. The minimum atomic E-state index is -0.663. The molecule has 0 spiro atoms. The molecule has 0 aliphatic heterocycles. The molecule has 1 heterocycles. The zero-order valence-corrected chi connectivity index (χ0v) is 15.4. The van der Waals surface area contributed by atoms with E-state index in [2.05, 4.69) is 28.0 Å². The third kappa shape index (κ3) is 3.75. The molecule has 120 valence electrons. The van der Waals surface area contributed by atoms with E-state index < -0.39 is 5.60 Å². The van der Waals surface area contributed by atoms with Crippen LogP contribution in [0.3, 0.4) is 0 Å². The van der Waals surface area contributed by atoms with Gasteiger partial charge in [0.1, 0.15) is 5.60 Å². The number of aromatic nitrogens is 2. The number of halogens is 1. The monoisotopic (exact) mass is 358 g/mol. The van der Waals surface area contributed by atoms with Gasteiger partial charge in [-0.15, -0.1) is 0 Å². The van der Waals surface area contributed by atoms with Crippen molar-refractivity contribution in [1.29, 1.82) is 0 Å². The zero-order chi connectivity index (χ0) is 16.0. The molecule has 4 nitrogen and oxygen atoms in total. The topological polar surface area (TPSA) is 44.1 Å². The number of Topliss-reactive ketones (excluding diaryl/α,β-unsaturated/α-hetero) is 1. The average molecular weight is 359 g/mol. The summed E-state index contributed by atoms with van der Waals surface area (Å²) in [5.41, 5.74) is 1.31. The number of carbonyl (C=O) groups excluding carboxylic acids is 1. The highest BCUT2D eigenvalue weighted by Gasteiger charge is 2.36.